The molecular weight excluding hydrogens is 637 g/mol. The second-order valence-corrected chi connectivity index (χ2v) is 11.6. The molecule has 0 saturated carbocycles. The van der Waals surface area contributed by atoms with Gasteiger partial charge in [-0.15, -0.1) is 0 Å². The molecule has 1 aliphatic heterocycles. The molecule has 1 atom stereocenters. The number of rotatable bonds is 8. The van der Waals surface area contributed by atoms with Gasteiger partial charge in [-0.25, -0.2) is 4.98 Å². The molecule has 4 nitrogen and oxygen atoms in total. The number of nitrogens with zero attached hydrogens (tertiary/aromatic N) is 2. The zero-order valence-electron chi connectivity index (χ0n) is 20.9. The summed E-state index contributed by atoms with van der Waals surface area (Å²) in [6.07, 6.45) is 6.00. The highest BCUT2D eigenvalue weighted by Crippen LogP contribution is 2.42. The highest BCUT2D eigenvalue weighted by Gasteiger charge is 2.25. The third kappa shape index (κ3) is 6.24. The first-order valence-corrected chi connectivity index (χ1v) is 14.7. The van der Waals surface area contributed by atoms with Crippen LogP contribution in [-0.4, -0.2) is 46.1 Å². The summed E-state index contributed by atoms with van der Waals surface area (Å²) in [5, 5.41) is 1.21. The number of hydrogen-bond acceptors (Lipinski definition) is 4. The first kappa shape index (κ1) is 27.6. The first-order chi connectivity index (χ1) is 18.4. The summed E-state index contributed by atoms with van der Waals surface area (Å²) in [6, 6.07) is 15.5. The van der Waals surface area contributed by atoms with E-state index in [-0.39, 0.29) is 16.6 Å². The Bertz CT molecular complexity index is 1360. The molecular formula is C30H28Cl2FIN2O2. The molecule has 2 aromatic carbocycles. The summed E-state index contributed by atoms with van der Waals surface area (Å²) in [5.41, 5.74) is 7.04. The number of pyridine rings is 1. The van der Waals surface area contributed by atoms with E-state index < -0.39 is 0 Å². The molecule has 0 amide bonds. The highest BCUT2D eigenvalue weighted by molar-refractivity contribution is 14.1. The Balaban J connectivity index is 1.51. The molecule has 0 spiro atoms. The predicted molar refractivity (Wildman–Crippen MR) is 160 cm³/mol. The van der Waals surface area contributed by atoms with Crippen LogP contribution in [0.1, 0.15) is 58.3 Å². The van der Waals surface area contributed by atoms with Crippen molar-refractivity contribution in [3.63, 3.8) is 0 Å². The summed E-state index contributed by atoms with van der Waals surface area (Å²) >= 11 is 14.8. The van der Waals surface area contributed by atoms with Crippen molar-refractivity contribution in [3.8, 4) is 5.88 Å². The molecule has 1 aliphatic carbocycles. The van der Waals surface area contributed by atoms with Gasteiger partial charge in [0.15, 0.2) is 0 Å². The molecule has 198 valence electrons. The van der Waals surface area contributed by atoms with E-state index in [0.717, 1.165) is 78.7 Å². The number of benzene rings is 2. The molecule has 1 aromatic heterocycles. The largest absolute Gasteiger partial charge is 0.473 e. The van der Waals surface area contributed by atoms with Gasteiger partial charge in [0.25, 0.3) is 0 Å². The molecule has 8 heteroatoms. The number of allylic oxidation sites excluding steroid dienone is 1. The molecule has 2 heterocycles. The summed E-state index contributed by atoms with van der Waals surface area (Å²) in [6.45, 7) is 2.18. The number of halogens is 4. The van der Waals surface area contributed by atoms with Crippen LogP contribution >= 0.6 is 45.8 Å². The summed E-state index contributed by atoms with van der Waals surface area (Å²) in [5.74, 6) is 0.581. The fourth-order valence-corrected chi connectivity index (χ4v) is 6.25. The van der Waals surface area contributed by atoms with E-state index in [2.05, 4.69) is 9.88 Å². The maximum atomic E-state index is 12.5. The number of alkyl halides is 1. The van der Waals surface area contributed by atoms with Gasteiger partial charge in [-0.1, -0.05) is 35.3 Å². The fraction of sp³-hybridized carbons (Fsp3) is 0.333. The quantitative estimate of drug-likeness (QED) is 0.180. The second-order valence-electron chi connectivity index (χ2n) is 9.73. The minimum atomic E-state index is -0.289. The molecule has 0 bridgehead atoms. The lowest BCUT2D eigenvalue weighted by molar-refractivity contribution is 0.110. The predicted octanol–water partition coefficient (Wildman–Crippen LogP) is 8.07. The SMILES string of the molecule is O=C(I)c1ccc2c(c1)CCCC(c1ccc(Cl)cc1Cl)=C2c1ccc(O[C@H]2CCN(CCCF)C2)nc1. The maximum Gasteiger partial charge on any atom is 0.222 e. The van der Waals surface area contributed by atoms with Gasteiger partial charge < -0.3 is 4.74 Å². The van der Waals surface area contributed by atoms with Crippen LogP contribution in [0.2, 0.25) is 10.0 Å². The Morgan fingerprint density at radius 2 is 1.95 bits per heavy atom. The zero-order chi connectivity index (χ0) is 26.6. The van der Waals surface area contributed by atoms with Gasteiger partial charge in [0.2, 0.25) is 9.67 Å². The Hall–Kier alpha value is -2.00. The van der Waals surface area contributed by atoms with Gasteiger partial charge in [0, 0.05) is 75.7 Å². The van der Waals surface area contributed by atoms with Crippen LogP contribution in [0.15, 0.2) is 54.7 Å². The molecule has 1 saturated heterocycles. The summed E-state index contributed by atoms with van der Waals surface area (Å²) in [4.78, 5) is 19.0. The smallest absolute Gasteiger partial charge is 0.222 e. The fourth-order valence-electron chi connectivity index (χ4n) is 5.39. The van der Waals surface area contributed by atoms with Crippen molar-refractivity contribution < 1.29 is 13.9 Å². The van der Waals surface area contributed by atoms with Crippen LogP contribution in [0.5, 0.6) is 5.88 Å². The number of likely N-dealkylation sites (tertiary alicyclic amines) is 1. The molecule has 0 unspecified atom stereocenters. The number of aromatic nitrogens is 1. The monoisotopic (exact) mass is 664 g/mol. The lowest BCUT2D eigenvalue weighted by Gasteiger charge is -2.19. The molecule has 3 aromatic rings. The molecule has 1 fully saturated rings. The van der Waals surface area contributed by atoms with Gasteiger partial charge >= 0.3 is 0 Å². The van der Waals surface area contributed by atoms with E-state index >= 15 is 0 Å². The molecule has 0 radical (unpaired) electrons. The maximum absolute atomic E-state index is 12.5. The summed E-state index contributed by atoms with van der Waals surface area (Å²) in [7, 11) is 0. The lowest BCUT2D eigenvalue weighted by Crippen LogP contribution is -2.26. The highest BCUT2D eigenvalue weighted by atomic mass is 127. The minimum absolute atomic E-state index is 0.0273. The molecule has 0 N–H and O–H groups in total. The minimum Gasteiger partial charge on any atom is -0.473 e. The number of aryl methyl sites for hydroxylation is 1. The van der Waals surface area contributed by atoms with Crippen LogP contribution < -0.4 is 4.74 Å². The Labute approximate surface area is 246 Å². The Kier molecular flexibility index (Phi) is 9.03. The van der Waals surface area contributed by atoms with Crippen molar-refractivity contribution in [3.05, 3.63) is 92.6 Å². The standard InChI is InChI=1S/C30H28Cl2FIN2O2/c31-22-7-9-25(27(32)16-22)26-4-1-3-19-15-20(30(34)37)5-8-24(19)29(26)21-6-10-28(35-17-21)38-23-11-14-36(18-23)13-2-12-33/h5-10,15-17,23H,1-4,11-14,18H2/t23-/m0/s1. The lowest BCUT2D eigenvalue weighted by atomic mass is 9.88. The van der Waals surface area contributed by atoms with Gasteiger partial charge in [-0.3, -0.25) is 14.1 Å². The number of carbonyl (C=O) groups excluding carboxylic acids is 1. The normalized spacial score (nSPS) is 17.8. The Morgan fingerprint density at radius 1 is 1.11 bits per heavy atom. The average Bonchev–Trinajstić information content (AvgIpc) is 3.26. The van der Waals surface area contributed by atoms with Crippen LogP contribution in [0.25, 0.3) is 11.1 Å². The van der Waals surface area contributed by atoms with E-state index in [0.29, 0.717) is 27.9 Å². The van der Waals surface area contributed by atoms with Crippen molar-refractivity contribution in [2.75, 3.05) is 26.3 Å². The topological polar surface area (TPSA) is 42.4 Å². The van der Waals surface area contributed by atoms with Crippen LogP contribution in [0, 0.1) is 0 Å². The van der Waals surface area contributed by atoms with Crippen molar-refractivity contribution >= 4 is 60.7 Å². The van der Waals surface area contributed by atoms with E-state index in [1.165, 1.54) is 0 Å². The van der Waals surface area contributed by atoms with Crippen molar-refractivity contribution in [2.45, 2.75) is 38.2 Å². The van der Waals surface area contributed by atoms with E-state index in [1.807, 2.05) is 71.3 Å². The number of fused-ring (bicyclic) bond motifs is 1. The van der Waals surface area contributed by atoms with Crippen molar-refractivity contribution in [2.24, 2.45) is 0 Å². The second kappa shape index (κ2) is 12.5. The molecule has 5 rings (SSSR count). The van der Waals surface area contributed by atoms with Gasteiger partial charge in [-0.2, -0.15) is 0 Å². The van der Waals surface area contributed by atoms with Crippen LogP contribution in [0.4, 0.5) is 4.39 Å². The summed E-state index contributed by atoms with van der Waals surface area (Å²) < 4.78 is 18.7. The average molecular weight is 665 g/mol. The third-order valence-electron chi connectivity index (χ3n) is 7.18. The number of ether oxygens (including phenoxy) is 1. The Morgan fingerprint density at radius 3 is 2.68 bits per heavy atom. The van der Waals surface area contributed by atoms with Crippen LogP contribution in [0.3, 0.4) is 0 Å². The first-order valence-electron chi connectivity index (χ1n) is 12.9. The third-order valence-corrected chi connectivity index (χ3v) is 8.35. The molecule has 38 heavy (non-hydrogen) atoms. The van der Waals surface area contributed by atoms with Crippen molar-refractivity contribution in [1.29, 1.82) is 0 Å². The van der Waals surface area contributed by atoms with E-state index in [4.69, 9.17) is 27.9 Å². The van der Waals surface area contributed by atoms with Gasteiger partial charge in [-0.05, 0) is 90.3 Å². The number of hydrogen-bond donors (Lipinski definition) is 0. The van der Waals surface area contributed by atoms with Gasteiger partial charge in [0.05, 0.1) is 6.67 Å². The van der Waals surface area contributed by atoms with Crippen LogP contribution in [-0.2, 0) is 6.42 Å². The number of carbonyl (C=O) groups is 1. The molecule has 2 aliphatic rings. The van der Waals surface area contributed by atoms with Gasteiger partial charge in [0.1, 0.15) is 6.10 Å². The van der Waals surface area contributed by atoms with E-state index in [9.17, 15) is 9.18 Å². The van der Waals surface area contributed by atoms with E-state index in [1.54, 1.807) is 6.07 Å². The van der Waals surface area contributed by atoms with Crippen molar-refractivity contribution in [1.82, 2.24) is 9.88 Å². The zero-order valence-corrected chi connectivity index (χ0v) is 24.5.